The van der Waals surface area contributed by atoms with Crippen molar-refractivity contribution >= 4 is 121 Å². The van der Waals surface area contributed by atoms with Crippen molar-refractivity contribution < 1.29 is 4.42 Å². The number of fused-ring (bicyclic) bond motifs is 13. The fraction of sp³-hybridized carbons (Fsp3) is 0. The number of hydrogen-bond donors (Lipinski definition) is 0. The predicted molar refractivity (Wildman–Crippen MR) is 268 cm³/mol. The number of furan rings is 1. The fourth-order valence-corrected chi connectivity index (χ4v) is 10.1. The van der Waals surface area contributed by atoms with Crippen molar-refractivity contribution in [2.24, 2.45) is 0 Å². The number of nitrogens with zero attached hydrogens (tertiary/aromatic N) is 2. The average molecular weight is 803 g/mol. The van der Waals surface area contributed by atoms with E-state index in [1.807, 2.05) is 0 Å². The molecule has 12 aromatic carbocycles. The summed E-state index contributed by atoms with van der Waals surface area (Å²) in [5, 5.41) is 16.7. The van der Waals surface area contributed by atoms with Crippen LogP contribution < -0.4 is 9.80 Å². The molecule has 0 saturated carbocycles. The molecule has 0 fully saturated rings. The van der Waals surface area contributed by atoms with Gasteiger partial charge in [-0.05, 0) is 127 Å². The van der Waals surface area contributed by atoms with Gasteiger partial charge in [-0.25, -0.2) is 0 Å². The molecule has 0 aliphatic rings. The van der Waals surface area contributed by atoms with E-state index >= 15 is 0 Å². The van der Waals surface area contributed by atoms with Crippen LogP contribution in [-0.2, 0) is 0 Å². The maximum atomic E-state index is 6.66. The van der Waals surface area contributed by atoms with Crippen molar-refractivity contribution in [2.45, 2.75) is 0 Å². The minimum atomic E-state index is 0.885. The topological polar surface area (TPSA) is 19.6 Å². The Labute approximate surface area is 363 Å². The van der Waals surface area contributed by atoms with Crippen LogP contribution in [0, 0.1) is 0 Å². The van der Waals surface area contributed by atoms with Crippen molar-refractivity contribution in [1.82, 2.24) is 0 Å². The Morgan fingerprint density at radius 2 is 0.603 bits per heavy atom. The standard InChI is InChI=1S/C60H38N2O/c1-3-17-43(18-4-1)61(55-37-39-15-7-9-21-47(39)51-23-11-13-25-53(51)55)45-29-31-49-41(35-45)27-33-57-59(49)60-50-32-30-46(36-42(50)28-34-58(60)63-57)62(44-19-5-2-6-20-44)56-38-40-16-8-10-22-48(40)52-24-12-14-26-54(52)56/h1-38H. The molecule has 0 N–H and O–H groups in total. The Kier molecular flexibility index (Phi) is 7.91. The first-order chi connectivity index (χ1) is 31.2. The molecule has 294 valence electrons. The van der Waals surface area contributed by atoms with Crippen LogP contribution in [0.2, 0.25) is 0 Å². The van der Waals surface area contributed by atoms with Crippen molar-refractivity contribution in [1.29, 1.82) is 0 Å². The summed E-state index contributed by atoms with van der Waals surface area (Å²) in [6, 6.07) is 83.5. The molecule has 1 aromatic heterocycles. The van der Waals surface area contributed by atoms with Gasteiger partial charge in [0.2, 0.25) is 0 Å². The van der Waals surface area contributed by atoms with Gasteiger partial charge in [-0.1, -0.05) is 158 Å². The first kappa shape index (κ1) is 35.4. The van der Waals surface area contributed by atoms with Crippen LogP contribution in [0.1, 0.15) is 0 Å². The second-order valence-electron chi connectivity index (χ2n) is 16.5. The van der Waals surface area contributed by atoms with Gasteiger partial charge in [-0.15, -0.1) is 0 Å². The van der Waals surface area contributed by atoms with E-state index < -0.39 is 0 Å². The third kappa shape index (κ3) is 5.60. The molecule has 1 heterocycles. The van der Waals surface area contributed by atoms with Crippen LogP contribution in [0.3, 0.4) is 0 Å². The summed E-state index contributed by atoms with van der Waals surface area (Å²) < 4.78 is 6.66. The summed E-state index contributed by atoms with van der Waals surface area (Å²) in [5.41, 5.74) is 8.47. The van der Waals surface area contributed by atoms with Gasteiger partial charge in [-0.3, -0.25) is 0 Å². The molecule has 0 unspecified atom stereocenters. The average Bonchev–Trinajstić information content (AvgIpc) is 3.75. The van der Waals surface area contributed by atoms with E-state index in [1.165, 1.54) is 43.1 Å². The van der Waals surface area contributed by atoms with Crippen LogP contribution in [0.4, 0.5) is 34.1 Å². The number of benzene rings is 12. The number of hydrogen-bond acceptors (Lipinski definition) is 3. The van der Waals surface area contributed by atoms with Gasteiger partial charge in [-0.2, -0.15) is 0 Å². The third-order valence-electron chi connectivity index (χ3n) is 12.9. The van der Waals surface area contributed by atoms with Crippen LogP contribution in [0.5, 0.6) is 0 Å². The highest BCUT2D eigenvalue weighted by molar-refractivity contribution is 6.27. The van der Waals surface area contributed by atoms with Gasteiger partial charge in [0, 0.05) is 44.3 Å². The van der Waals surface area contributed by atoms with Gasteiger partial charge >= 0.3 is 0 Å². The van der Waals surface area contributed by atoms with Gasteiger partial charge < -0.3 is 14.2 Å². The molecule has 0 radical (unpaired) electrons. The van der Waals surface area contributed by atoms with E-state index in [4.69, 9.17) is 4.42 Å². The summed E-state index contributed by atoms with van der Waals surface area (Å²) in [7, 11) is 0. The molecule has 3 heteroatoms. The van der Waals surface area contributed by atoms with E-state index in [0.717, 1.165) is 77.6 Å². The highest BCUT2D eigenvalue weighted by atomic mass is 16.3. The highest BCUT2D eigenvalue weighted by Crippen LogP contribution is 2.47. The van der Waals surface area contributed by atoms with Crippen LogP contribution >= 0.6 is 0 Å². The number of rotatable bonds is 6. The van der Waals surface area contributed by atoms with Gasteiger partial charge in [0.15, 0.2) is 0 Å². The van der Waals surface area contributed by atoms with E-state index in [-0.39, 0.29) is 0 Å². The molecule has 0 amide bonds. The smallest absolute Gasteiger partial charge is 0.136 e. The molecular formula is C60H38N2O. The number of anilines is 6. The Hall–Kier alpha value is -8.40. The van der Waals surface area contributed by atoms with E-state index in [1.54, 1.807) is 0 Å². The van der Waals surface area contributed by atoms with Crippen molar-refractivity contribution in [3.63, 3.8) is 0 Å². The second-order valence-corrected chi connectivity index (χ2v) is 16.5. The predicted octanol–water partition coefficient (Wildman–Crippen LogP) is 17.4. The molecule has 0 aliphatic carbocycles. The quantitative estimate of drug-likeness (QED) is 0.156. The van der Waals surface area contributed by atoms with Gasteiger partial charge in [0.25, 0.3) is 0 Å². The second kappa shape index (κ2) is 14.1. The van der Waals surface area contributed by atoms with E-state index in [0.29, 0.717) is 0 Å². The Morgan fingerprint density at radius 3 is 1.05 bits per heavy atom. The van der Waals surface area contributed by atoms with E-state index in [9.17, 15) is 0 Å². The Balaban J connectivity index is 0.997. The third-order valence-corrected chi connectivity index (χ3v) is 12.9. The SMILES string of the molecule is c1ccc(N(c2ccc3c(ccc4oc5ccc6cc(N(c7ccccc7)c7cc8ccccc8c8ccccc78)ccc6c5c43)c2)c2cc3ccccc3c3ccccc23)cc1. The lowest BCUT2D eigenvalue weighted by molar-refractivity contribution is 0.669. The fourth-order valence-electron chi connectivity index (χ4n) is 10.1. The summed E-state index contributed by atoms with van der Waals surface area (Å²) in [6.45, 7) is 0. The van der Waals surface area contributed by atoms with Gasteiger partial charge in [0.05, 0.1) is 11.4 Å². The molecule has 13 aromatic rings. The zero-order valence-electron chi connectivity index (χ0n) is 34.2. The van der Waals surface area contributed by atoms with Crippen LogP contribution in [-0.4, -0.2) is 0 Å². The lowest BCUT2D eigenvalue weighted by Gasteiger charge is -2.28. The molecule has 0 spiro atoms. The van der Waals surface area contributed by atoms with Crippen LogP contribution in [0.15, 0.2) is 235 Å². The summed E-state index contributed by atoms with van der Waals surface area (Å²) >= 11 is 0. The summed E-state index contributed by atoms with van der Waals surface area (Å²) in [6.07, 6.45) is 0. The zero-order chi connectivity index (χ0) is 41.4. The Bertz CT molecular complexity index is 3670. The molecule has 3 nitrogen and oxygen atoms in total. The van der Waals surface area contributed by atoms with Crippen molar-refractivity contribution in [3.8, 4) is 0 Å². The molecule has 0 saturated heterocycles. The van der Waals surface area contributed by atoms with Crippen LogP contribution in [0.25, 0.3) is 86.6 Å². The molecule has 0 aliphatic heterocycles. The molecule has 0 atom stereocenters. The van der Waals surface area contributed by atoms with Crippen molar-refractivity contribution in [3.05, 3.63) is 231 Å². The maximum Gasteiger partial charge on any atom is 0.136 e. The Morgan fingerprint density at radius 1 is 0.238 bits per heavy atom. The highest BCUT2D eigenvalue weighted by Gasteiger charge is 2.21. The minimum Gasteiger partial charge on any atom is -0.456 e. The maximum absolute atomic E-state index is 6.66. The molecular weight excluding hydrogens is 765 g/mol. The number of para-hydroxylation sites is 2. The lowest BCUT2D eigenvalue weighted by atomic mass is 9.97. The summed E-state index contributed by atoms with van der Waals surface area (Å²) in [5.74, 6) is 0. The largest absolute Gasteiger partial charge is 0.456 e. The zero-order valence-corrected chi connectivity index (χ0v) is 34.2. The van der Waals surface area contributed by atoms with Gasteiger partial charge in [0.1, 0.15) is 11.2 Å². The molecule has 63 heavy (non-hydrogen) atoms. The first-order valence-electron chi connectivity index (χ1n) is 21.6. The molecule has 0 bridgehead atoms. The monoisotopic (exact) mass is 802 g/mol. The van der Waals surface area contributed by atoms with Crippen molar-refractivity contribution in [2.75, 3.05) is 9.80 Å². The lowest BCUT2D eigenvalue weighted by Crippen LogP contribution is -2.10. The normalized spacial score (nSPS) is 11.8. The minimum absolute atomic E-state index is 0.885. The van der Waals surface area contributed by atoms with E-state index in [2.05, 4.69) is 240 Å². The molecule has 13 rings (SSSR count). The summed E-state index contributed by atoms with van der Waals surface area (Å²) in [4.78, 5) is 4.81. The first-order valence-corrected chi connectivity index (χ1v) is 21.6.